The van der Waals surface area contributed by atoms with Crippen molar-refractivity contribution in [1.82, 2.24) is 9.97 Å². The molecule has 1 fully saturated rings. The molecular formula is C10H16N4S. The summed E-state index contributed by atoms with van der Waals surface area (Å²) in [5, 5.41) is 1.76. The molecule has 1 aromatic heterocycles. The van der Waals surface area contributed by atoms with Crippen molar-refractivity contribution in [2.75, 3.05) is 5.43 Å². The number of nitrogens with one attached hydrogen (secondary N) is 1. The first-order chi connectivity index (χ1) is 7.28. The van der Waals surface area contributed by atoms with Crippen LogP contribution in [0.15, 0.2) is 11.1 Å². The van der Waals surface area contributed by atoms with Crippen LogP contribution in [0.25, 0.3) is 0 Å². The van der Waals surface area contributed by atoms with Gasteiger partial charge in [0, 0.05) is 11.3 Å². The Morgan fingerprint density at radius 1 is 1.40 bits per heavy atom. The number of anilines is 1. The van der Waals surface area contributed by atoms with Crippen LogP contribution in [0.5, 0.6) is 0 Å². The highest BCUT2D eigenvalue weighted by Crippen LogP contribution is 2.34. The first-order valence-electron chi connectivity index (χ1n) is 5.27. The van der Waals surface area contributed by atoms with Gasteiger partial charge in [-0.15, -0.1) is 11.8 Å². The number of aryl methyl sites for hydroxylation is 1. The van der Waals surface area contributed by atoms with Gasteiger partial charge in [0.15, 0.2) is 0 Å². The van der Waals surface area contributed by atoms with Gasteiger partial charge in [0.1, 0.15) is 16.7 Å². The minimum absolute atomic E-state index is 0.697. The van der Waals surface area contributed by atoms with E-state index in [1.165, 1.54) is 25.7 Å². The lowest BCUT2D eigenvalue weighted by Gasteiger charge is -2.09. The molecule has 82 valence electrons. The summed E-state index contributed by atoms with van der Waals surface area (Å²) >= 11 is 1.85. The van der Waals surface area contributed by atoms with Gasteiger partial charge >= 0.3 is 0 Å². The fraction of sp³-hybridized carbons (Fsp3) is 0.600. The third-order valence-corrected chi connectivity index (χ3v) is 3.81. The minimum atomic E-state index is 0.697. The highest BCUT2D eigenvalue weighted by atomic mass is 32.2. The Labute approximate surface area is 94.0 Å². The van der Waals surface area contributed by atoms with E-state index in [1.54, 1.807) is 0 Å². The van der Waals surface area contributed by atoms with Crippen LogP contribution in [0.4, 0.5) is 5.82 Å². The van der Waals surface area contributed by atoms with E-state index in [1.807, 2.05) is 24.8 Å². The van der Waals surface area contributed by atoms with E-state index < -0.39 is 0 Å². The Bertz CT molecular complexity index is 336. The third-order valence-electron chi connectivity index (χ3n) is 2.55. The molecule has 0 bridgehead atoms. The summed E-state index contributed by atoms with van der Waals surface area (Å²) in [5.41, 5.74) is 2.57. The number of nitrogens with two attached hydrogens (primary N) is 1. The number of rotatable bonds is 3. The number of aromatic nitrogens is 2. The van der Waals surface area contributed by atoms with Crippen molar-refractivity contribution in [1.29, 1.82) is 0 Å². The van der Waals surface area contributed by atoms with Crippen molar-refractivity contribution in [2.45, 2.75) is 42.9 Å². The fourth-order valence-corrected chi connectivity index (χ4v) is 3.13. The van der Waals surface area contributed by atoms with Crippen LogP contribution in [0, 0.1) is 6.92 Å². The molecule has 3 N–H and O–H groups in total. The van der Waals surface area contributed by atoms with Gasteiger partial charge in [-0.25, -0.2) is 15.8 Å². The molecule has 0 unspecified atom stereocenters. The lowest BCUT2D eigenvalue weighted by Crippen LogP contribution is -2.10. The van der Waals surface area contributed by atoms with Crippen LogP contribution in [0.1, 0.15) is 31.5 Å². The maximum absolute atomic E-state index is 5.35. The topological polar surface area (TPSA) is 63.8 Å². The minimum Gasteiger partial charge on any atom is -0.308 e. The number of hydrogen-bond donors (Lipinski definition) is 2. The molecule has 0 saturated heterocycles. The normalized spacial score (nSPS) is 16.9. The molecule has 0 atom stereocenters. The standard InChI is InChI=1S/C10H16N4S/c1-7-12-9(14-11)6-10(13-7)15-8-4-2-3-5-8/h6,8H,2-5,11H2,1H3,(H,12,13,14). The second-order valence-electron chi connectivity index (χ2n) is 3.81. The lowest BCUT2D eigenvalue weighted by atomic mass is 10.4. The van der Waals surface area contributed by atoms with Crippen LogP contribution in [0.3, 0.4) is 0 Å². The quantitative estimate of drug-likeness (QED) is 0.467. The summed E-state index contributed by atoms with van der Waals surface area (Å²) in [7, 11) is 0. The van der Waals surface area contributed by atoms with Gasteiger partial charge in [-0.05, 0) is 19.8 Å². The molecule has 0 aromatic carbocycles. The Hall–Kier alpha value is -0.810. The molecule has 1 saturated carbocycles. The molecule has 4 nitrogen and oxygen atoms in total. The van der Waals surface area contributed by atoms with E-state index in [0.717, 1.165) is 16.1 Å². The number of hydrogen-bond acceptors (Lipinski definition) is 5. The summed E-state index contributed by atoms with van der Waals surface area (Å²) in [6, 6.07) is 1.91. The van der Waals surface area contributed by atoms with Gasteiger partial charge in [0.05, 0.1) is 0 Å². The monoisotopic (exact) mass is 224 g/mol. The van der Waals surface area contributed by atoms with E-state index in [2.05, 4.69) is 15.4 Å². The Kier molecular flexibility index (Phi) is 3.43. The zero-order valence-corrected chi connectivity index (χ0v) is 9.68. The van der Waals surface area contributed by atoms with E-state index in [-0.39, 0.29) is 0 Å². The average Bonchev–Trinajstić information content (AvgIpc) is 2.69. The summed E-state index contributed by atoms with van der Waals surface area (Å²) < 4.78 is 0. The Morgan fingerprint density at radius 3 is 2.80 bits per heavy atom. The zero-order valence-electron chi connectivity index (χ0n) is 8.86. The smallest absolute Gasteiger partial charge is 0.144 e. The summed E-state index contributed by atoms with van der Waals surface area (Å²) in [6.07, 6.45) is 5.31. The third kappa shape index (κ3) is 2.82. The zero-order chi connectivity index (χ0) is 10.7. The molecule has 1 aromatic rings. The molecule has 0 aliphatic heterocycles. The SMILES string of the molecule is Cc1nc(NN)cc(SC2CCCC2)n1. The highest BCUT2D eigenvalue weighted by Gasteiger charge is 2.17. The Morgan fingerprint density at radius 2 is 2.13 bits per heavy atom. The molecule has 15 heavy (non-hydrogen) atoms. The number of nitrogen functional groups attached to an aromatic ring is 1. The molecule has 0 radical (unpaired) electrons. The molecule has 1 aliphatic carbocycles. The van der Waals surface area contributed by atoms with E-state index in [4.69, 9.17) is 5.84 Å². The Balaban J connectivity index is 2.09. The lowest BCUT2D eigenvalue weighted by molar-refractivity contribution is 0.886. The van der Waals surface area contributed by atoms with Crippen LogP contribution < -0.4 is 11.3 Å². The van der Waals surface area contributed by atoms with Crippen molar-refractivity contribution in [3.63, 3.8) is 0 Å². The van der Waals surface area contributed by atoms with Crippen LogP contribution >= 0.6 is 11.8 Å². The second-order valence-corrected chi connectivity index (χ2v) is 5.13. The number of thioether (sulfide) groups is 1. The van der Waals surface area contributed by atoms with Gasteiger partial charge in [0.2, 0.25) is 0 Å². The maximum Gasteiger partial charge on any atom is 0.144 e. The first-order valence-corrected chi connectivity index (χ1v) is 6.15. The highest BCUT2D eigenvalue weighted by molar-refractivity contribution is 7.99. The molecule has 0 spiro atoms. The van der Waals surface area contributed by atoms with Gasteiger partial charge in [-0.3, -0.25) is 0 Å². The molecule has 1 heterocycles. The summed E-state index contributed by atoms with van der Waals surface area (Å²) in [4.78, 5) is 8.57. The molecule has 2 rings (SSSR count). The van der Waals surface area contributed by atoms with E-state index >= 15 is 0 Å². The van der Waals surface area contributed by atoms with Crippen molar-refractivity contribution in [3.8, 4) is 0 Å². The summed E-state index contributed by atoms with van der Waals surface area (Å²) in [6.45, 7) is 1.89. The average molecular weight is 224 g/mol. The van der Waals surface area contributed by atoms with Crippen LogP contribution in [-0.4, -0.2) is 15.2 Å². The molecule has 0 amide bonds. The van der Waals surface area contributed by atoms with Crippen molar-refractivity contribution >= 4 is 17.6 Å². The molecular weight excluding hydrogens is 208 g/mol. The van der Waals surface area contributed by atoms with Crippen molar-refractivity contribution in [3.05, 3.63) is 11.9 Å². The first kappa shape index (κ1) is 10.7. The maximum atomic E-state index is 5.35. The number of hydrazine groups is 1. The van der Waals surface area contributed by atoms with Crippen molar-refractivity contribution in [2.24, 2.45) is 5.84 Å². The number of nitrogens with zero attached hydrogens (tertiary/aromatic N) is 2. The molecule has 1 aliphatic rings. The van der Waals surface area contributed by atoms with Gasteiger partial charge in [0.25, 0.3) is 0 Å². The van der Waals surface area contributed by atoms with Gasteiger partial charge < -0.3 is 5.43 Å². The van der Waals surface area contributed by atoms with Gasteiger partial charge in [-0.1, -0.05) is 12.8 Å². The van der Waals surface area contributed by atoms with E-state index in [0.29, 0.717) is 5.82 Å². The van der Waals surface area contributed by atoms with Gasteiger partial charge in [-0.2, -0.15) is 0 Å². The summed E-state index contributed by atoms with van der Waals surface area (Å²) in [5.74, 6) is 6.81. The second kappa shape index (κ2) is 4.81. The van der Waals surface area contributed by atoms with Crippen LogP contribution in [0.2, 0.25) is 0 Å². The van der Waals surface area contributed by atoms with Crippen LogP contribution in [-0.2, 0) is 0 Å². The van der Waals surface area contributed by atoms with E-state index in [9.17, 15) is 0 Å². The largest absolute Gasteiger partial charge is 0.308 e. The predicted molar refractivity (Wildman–Crippen MR) is 62.7 cm³/mol. The fourth-order valence-electron chi connectivity index (χ4n) is 1.85. The van der Waals surface area contributed by atoms with Crippen molar-refractivity contribution < 1.29 is 0 Å². The molecule has 5 heteroatoms. The predicted octanol–water partition coefficient (Wildman–Crippen LogP) is 2.11.